The van der Waals surface area contributed by atoms with Crippen molar-refractivity contribution in [2.75, 3.05) is 13.2 Å². The highest BCUT2D eigenvalue weighted by Crippen LogP contribution is 2.20. The van der Waals surface area contributed by atoms with Crippen molar-refractivity contribution in [2.24, 2.45) is 0 Å². The number of hydrogen-bond donors (Lipinski definition) is 1. The van der Waals surface area contributed by atoms with Crippen molar-refractivity contribution in [3.8, 4) is 0 Å². The van der Waals surface area contributed by atoms with Crippen molar-refractivity contribution in [1.82, 2.24) is 0 Å². The van der Waals surface area contributed by atoms with Crippen LogP contribution in [0.1, 0.15) is 291 Å². The minimum atomic E-state index is -4.57. The van der Waals surface area contributed by atoms with Crippen LogP contribution in [0.4, 0.5) is 0 Å². The summed E-state index contributed by atoms with van der Waals surface area (Å²) in [5.74, 6) is -1.49. The first kappa shape index (κ1) is 59.6. The maximum absolute atomic E-state index is 13.0. The molecule has 0 unspecified atom stereocenters. The molecule has 0 heterocycles. The van der Waals surface area contributed by atoms with E-state index in [-0.39, 0.29) is 24.3 Å². The van der Waals surface area contributed by atoms with Gasteiger partial charge in [0.25, 0.3) is 10.1 Å². The number of benzene rings is 1. The second kappa shape index (κ2) is 44.4. The summed E-state index contributed by atoms with van der Waals surface area (Å²) in [5.41, 5.74) is -0.261. The topological polar surface area (TPSA) is 107 Å². The molecule has 0 atom stereocenters. The molecule has 7 nitrogen and oxygen atoms in total. The molecular weight excluding hydrogens is 817 g/mol. The lowest BCUT2D eigenvalue weighted by Crippen LogP contribution is -2.16. The Kier molecular flexibility index (Phi) is 41.3. The first-order chi connectivity index (χ1) is 31.3. The van der Waals surface area contributed by atoms with Gasteiger partial charge in [0.15, 0.2) is 0 Å². The Morgan fingerprint density at radius 3 is 0.969 bits per heavy atom. The Bertz CT molecular complexity index is 1400. The number of hydrogen-bond acceptors (Lipinski definition) is 6. The van der Waals surface area contributed by atoms with E-state index in [1.54, 1.807) is 0 Å². The van der Waals surface area contributed by atoms with E-state index in [2.05, 4.69) is 38.2 Å². The summed E-state index contributed by atoms with van der Waals surface area (Å²) in [6, 6.07) is 3.33. The monoisotopic (exact) mass is 915 g/mol. The van der Waals surface area contributed by atoms with Crippen LogP contribution in [0.3, 0.4) is 0 Å². The molecule has 0 spiro atoms. The normalized spacial score (nSPS) is 11.9. The van der Waals surface area contributed by atoms with Crippen LogP contribution in [-0.2, 0) is 19.6 Å². The lowest BCUT2D eigenvalue weighted by atomic mass is 10.0. The summed E-state index contributed by atoms with van der Waals surface area (Å²) in [7, 11) is -4.57. The van der Waals surface area contributed by atoms with E-state index in [1.165, 1.54) is 218 Å². The van der Waals surface area contributed by atoms with Gasteiger partial charge in [-0.05, 0) is 82.4 Å². The number of rotatable bonds is 47. The van der Waals surface area contributed by atoms with Crippen molar-refractivity contribution < 1.29 is 32.0 Å². The third-order valence-electron chi connectivity index (χ3n) is 12.5. The van der Waals surface area contributed by atoms with Crippen molar-refractivity contribution in [3.05, 3.63) is 53.6 Å². The Hall–Kier alpha value is -2.45. The van der Waals surface area contributed by atoms with Crippen LogP contribution < -0.4 is 0 Å². The minimum absolute atomic E-state index is 0.0552. The molecule has 0 saturated carbocycles. The van der Waals surface area contributed by atoms with Crippen LogP contribution in [0, 0.1) is 0 Å². The quantitative estimate of drug-likeness (QED) is 0.0300. The molecule has 1 N–H and O–H groups in total. The van der Waals surface area contributed by atoms with E-state index >= 15 is 0 Å². The molecule has 0 saturated heterocycles. The van der Waals surface area contributed by atoms with E-state index in [0.717, 1.165) is 50.7 Å². The fourth-order valence-corrected chi connectivity index (χ4v) is 8.84. The van der Waals surface area contributed by atoms with Gasteiger partial charge in [-0.2, -0.15) is 8.42 Å². The molecule has 0 bridgehead atoms. The maximum atomic E-state index is 13.0. The standard InChI is InChI=1S/C56H98O7S/c1-3-5-7-9-11-13-15-17-19-21-23-25-27-29-31-33-35-37-39-41-43-45-49-62-55(57)53-48-47-52(64(59,60)61)51-54(53)56(58)63-50-46-44-42-40-38-36-34-32-30-28-26-24-22-20-18-16-14-12-10-8-6-4-2/h13-16,47-48,51H,3-12,17-46,49-50H2,1-2H3,(H,59,60,61)/b15-13+,16-14+. The lowest BCUT2D eigenvalue weighted by molar-refractivity contribution is 0.0450. The molecule has 0 aliphatic heterocycles. The first-order valence-electron chi connectivity index (χ1n) is 27.1. The molecule has 1 aromatic rings. The molecular formula is C56H98O7S. The summed E-state index contributed by atoms with van der Waals surface area (Å²) in [6.45, 7) is 4.93. The van der Waals surface area contributed by atoms with Gasteiger partial charge in [-0.1, -0.05) is 231 Å². The summed E-state index contributed by atoms with van der Waals surface area (Å²) < 4.78 is 44.2. The molecule has 0 fully saturated rings. The van der Waals surface area contributed by atoms with Crippen molar-refractivity contribution in [1.29, 1.82) is 0 Å². The van der Waals surface area contributed by atoms with E-state index in [0.29, 0.717) is 6.42 Å². The highest BCUT2D eigenvalue weighted by atomic mass is 32.2. The highest BCUT2D eigenvalue weighted by molar-refractivity contribution is 7.85. The van der Waals surface area contributed by atoms with Crippen LogP contribution in [0.25, 0.3) is 0 Å². The van der Waals surface area contributed by atoms with Gasteiger partial charge in [-0.3, -0.25) is 4.55 Å². The SMILES string of the molecule is CCCCCC/C=C/CCCCCCCCCCCCCCCCOC(=O)c1ccc(S(=O)(=O)O)cc1C(=O)OCCCCCCCCCCCCCCCC/C=C/CCCCCC. The van der Waals surface area contributed by atoms with Crippen LogP contribution in [0.5, 0.6) is 0 Å². The summed E-state index contributed by atoms with van der Waals surface area (Å²) in [4.78, 5) is 25.5. The predicted octanol–water partition coefficient (Wildman–Crippen LogP) is 18.0. The van der Waals surface area contributed by atoms with E-state index in [1.807, 2.05) is 0 Å². The molecule has 0 aliphatic carbocycles. The summed E-state index contributed by atoms with van der Waals surface area (Å²) in [5, 5.41) is 0. The summed E-state index contributed by atoms with van der Waals surface area (Å²) in [6.07, 6.45) is 59.6. The van der Waals surface area contributed by atoms with Gasteiger partial charge in [0.05, 0.1) is 29.2 Å². The second-order valence-electron chi connectivity index (χ2n) is 18.6. The molecule has 0 amide bonds. The molecule has 1 rings (SSSR count). The van der Waals surface area contributed by atoms with Gasteiger partial charge >= 0.3 is 11.9 Å². The van der Waals surface area contributed by atoms with Gasteiger partial charge in [-0.25, -0.2) is 9.59 Å². The number of allylic oxidation sites excluding steroid dienone is 4. The fraction of sp³-hybridized carbons (Fsp3) is 0.786. The highest BCUT2D eigenvalue weighted by Gasteiger charge is 2.23. The van der Waals surface area contributed by atoms with Crippen LogP contribution in [0.2, 0.25) is 0 Å². The van der Waals surface area contributed by atoms with Crippen LogP contribution >= 0.6 is 0 Å². The Labute approximate surface area is 394 Å². The van der Waals surface area contributed by atoms with E-state index in [9.17, 15) is 22.6 Å². The molecule has 0 aliphatic rings. The smallest absolute Gasteiger partial charge is 0.339 e. The lowest BCUT2D eigenvalue weighted by Gasteiger charge is -2.11. The number of carbonyl (C=O) groups excluding carboxylic acids is 2. The number of carbonyl (C=O) groups is 2. The van der Waals surface area contributed by atoms with Gasteiger partial charge in [0.2, 0.25) is 0 Å². The Balaban J connectivity index is 2.10. The Morgan fingerprint density at radius 1 is 0.406 bits per heavy atom. The predicted molar refractivity (Wildman–Crippen MR) is 271 cm³/mol. The van der Waals surface area contributed by atoms with Crippen molar-refractivity contribution in [2.45, 2.75) is 276 Å². The number of ether oxygens (including phenoxy) is 2. The molecule has 370 valence electrons. The van der Waals surface area contributed by atoms with Gasteiger partial charge in [0, 0.05) is 0 Å². The first-order valence-corrected chi connectivity index (χ1v) is 28.5. The molecule has 1 aromatic carbocycles. The third kappa shape index (κ3) is 36.7. The Morgan fingerprint density at radius 2 is 0.672 bits per heavy atom. The maximum Gasteiger partial charge on any atom is 0.339 e. The van der Waals surface area contributed by atoms with Crippen molar-refractivity contribution >= 4 is 22.1 Å². The zero-order chi connectivity index (χ0) is 46.4. The average molecular weight is 915 g/mol. The van der Waals surface area contributed by atoms with E-state index in [4.69, 9.17) is 9.47 Å². The molecule has 0 aromatic heterocycles. The van der Waals surface area contributed by atoms with Crippen LogP contribution in [0.15, 0.2) is 47.4 Å². The number of unbranched alkanes of at least 4 members (excludes halogenated alkanes) is 36. The second-order valence-corrected chi connectivity index (χ2v) is 20.0. The van der Waals surface area contributed by atoms with E-state index < -0.39 is 27.0 Å². The summed E-state index contributed by atoms with van der Waals surface area (Å²) >= 11 is 0. The van der Waals surface area contributed by atoms with Gasteiger partial charge < -0.3 is 9.47 Å². The van der Waals surface area contributed by atoms with Crippen LogP contribution in [-0.4, -0.2) is 38.1 Å². The largest absolute Gasteiger partial charge is 0.462 e. The molecule has 0 radical (unpaired) electrons. The zero-order valence-corrected chi connectivity index (χ0v) is 42.4. The van der Waals surface area contributed by atoms with Crippen molar-refractivity contribution in [3.63, 3.8) is 0 Å². The van der Waals surface area contributed by atoms with Gasteiger partial charge in [0.1, 0.15) is 0 Å². The number of esters is 2. The van der Waals surface area contributed by atoms with Gasteiger partial charge in [-0.15, -0.1) is 0 Å². The molecule has 8 heteroatoms. The fourth-order valence-electron chi connectivity index (χ4n) is 8.34. The average Bonchev–Trinajstić information content (AvgIpc) is 3.28. The zero-order valence-electron chi connectivity index (χ0n) is 41.5. The minimum Gasteiger partial charge on any atom is -0.462 e. The molecule has 64 heavy (non-hydrogen) atoms. The third-order valence-corrected chi connectivity index (χ3v) is 13.4.